The molecule has 1 aliphatic rings. The molecule has 0 aromatic heterocycles. The van der Waals surface area contributed by atoms with E-state index in [9.17, 15) is 0 Å². The van der Waals surface area contributed by atoms with E-state index in [0.29, 0.717) is 0 Å². The Bertz CT molecular complexity index is 144. The van der Waals surface area contributed by atoms with Gasteiger partial charge >= 0.3 is 0 Å². The number of rotatable bonds is 2. The van der Waals surface area contributed by atoms with E-state index < -0.39 is 0 Å². The van der Waals surface area contributed by atoms with Gasteiger partial charge in [-0.2, -0.15) is 5.26 Å². The molecule has 0 aliphatic heterocycles. The highest BCUT2D eigenvalue weighted by atomic mass is 33.1. The second-order valence-corrected chi connectivity index (χ2v) is 6.39. The van der Waals surface area contributed by atoms with E-state index in [1.807, 2.05) is 0 Å². The Balaban J connectivity index is 2.36. The summed E-state index contributed by atoms with van der Waals surface area (Å²) in [6.45, 7) is 0. The van der Waals surface area contributed by atoms with E-state index >= 15 is 0 Å². The first kappa shape index (κ1) is 7.30. The number of nitriles is 1. The first-order chi connectivity index (χ1) is 4.18. The molecule has 0 saturated heterocycles. The second kappa shape index (κ2) is 2.43. The highest BCUT2D eigenvalue weighted by Crippen LogP contribution is 2.51. The van der Waals surface area contributed by atoms with Gasteiger partial charge in [-0.15, -0.1) is 11.7 Å². The molecule has 0 amide bonds. The molecule has 1 nitrogen and oxygen atoms in total. The van der Waals surface area contributed by atoms with Crippen LogP contribution in [0, 0.1) is 16.7 Å². The third kappa shape index (κ3) is 1.80. The normalized spacial score (nSPS) is 26.6. The van der Waals surface area contributed by atoms with Crippen LogP contribution < -0.4 is 0 Å². The van der Waals surface area contributed by atoms with Crippen molar-refractivity contribution >= 4 is 21.6 Å². The summed E-state index contributed by atoms with van der Waals surface area (Å²) in [5.41, 5.74) is 0.0716. The molecular weight excluding hydrogens is 150 g/mol. The molecule has 1 fully saturated rings. The SMILES string of the molecule is C[SH](S)CC1(C#N)CC1. The fourth-order valence-electron chi connectivity index (χ4n) is 0.894. The van der Waals surface area contributed by atoms with Gasteiger partial charge in [-0.3, -0.25) is 0 Å². The number of hydrogen-bond acceptors (Lipinski definition) is 2. The van der Waals surface area contributed by atoms with Gasteiger partial charge in [0.1, 0.15) is 0 Å². The molecule has 1 unspecified atom stereocenters. The molecule has 0 N–H and O–H groups in total. The summed E-state index contributed by atoms with van der Waals surface area (Å²) in [7, 11) is -0.160. The van der Waals surface area contributed by atoms with Gasteiger partial charge in [-0.1, -0.05) is 0 Å². The Hall–Kier alpha value is 0.190. The zero-order chi connectivity index (χ0) is 6.91. The molecule has 0 heterocycles. The molecule has 1 aliphatic carbocycles. The Kier molecular flexibility index (Phi) is 1.97. The lowest BCUT2D eigenvalue weighted by Crippen LogP contribution is -2.00. The molecule has 1 rings (SSSR count). The van der Waals surface area contributed by atoms with Crippen LogP contribution in [-0.4, -0.2) is 12.0 Å². The third-order valence-electron chi connectivity index (χ3n) is 1.62. The average molecular weight is 161 g/mol. The molecule has 0 bridgehead atoms. The van der Waals surface area contributed by atoms with Crippen molar-refractivity contribution in [1.29, 1.82) is 5.26 Å². The standard InChI is InChI=1S/C6H11NS2/c1-9(8)5-6(4-7)2-3-6/h8-9H,2-3,5H2,1H3. The highest BCUT2D eigenvalue weighted by Gasteiger charge is 2.43. The highest BCUT2D eigenvalue weighted by molar-refractivity contribution is 8.77. The fourth-order valence-corrected chi connectivity index (χ4v) is 2.97. The summed E-state index contributed by atoms with van der Waals surface area (Å²) in [5.74, 6) is 1.03. The van der Waals surface area contributed by atoms with Crippen molar-refractivity contribution in [3.8, 4) is 6.07 Å². The third-order valence-corrected chi connectivity index (χ3v) is 3.11. The predicted octanol–water partition coefficient (Wildman–Crippen LogP) is 1.77. The monoisotopic (exact) mass is 161 g/mol. The predicted molar refractivity (Wildman–Crippen MR) is 46.0 cm³/mol. The van der Waals surface area contributed by atoms with Gasteiger partial charge in [0.05, 0.1) is 11.5 Å². The van der Waals surface area contributed by atoms with Gasteiger partial charge in [0, 0.05) is 5.75 Å². The van der Waals surface area contributed by atoms with E-state index in [2.05, 4.69) is 24.0 Å². The molecule has 0 aromatic rings. The molecule has 0 aromatic carbocycles. The Labute approximate surface area is 63.6 Å². The summed E-state index contributed by atoms with van der Waals surface area (Å²) in [4.78, 5) is 0. The lowest BCUT2D eigenvalue weighted by Gasteiger charge is -2.10. The van der Waals surface area contributed by atoms with Gasteiger partial charge in [0.15, 0.2) is 0 Å². The molecule has 52 valence electrons. The maximum atomic E-state index is 8.63. The maximum Gasteiger partial charge on any atom is 0.0698 e. The van der Waals surface area contributed by atoms with Crippen LogP contribution >= 0.6 is 21.6 Å². The minimum Gasteiger partial charge on any atom is -0.209 e. The Morgan fingerprint density at radius 1 is 1.78 bits per heavy atom. The van der Waals surface area contributed by atoms with Gasteiger partial charge in [-0.25, -0.2) is 9.93 Å². The number of thiol groups is 2. The molecular formula is C6H11NS2. The van der Waals surface area contributed by atoms with Gasteiger partial charge < -0.3 is 0 Å². The first-order valence-corrected chi connectivity index (χ1v) is 6.12. The van der Waals surface area contributed by atoms with Crippen molar-refractivity contribution < 1.29 is 0 Å². The molecule has 0 radical (unpaired) electrons. The van der Waals surface area contributed by atoms with Crippen LogP contribution in [0.4, 0.5) is 0 Å². The zero-order valence-electron chi connectivity index (χ0n) is 5.46. The van der Waals surface area contributed by atoms with Crippen molar-refractivity contribution in [2.45, 2.75) is 12.8 Å². The summed E-state index contributed by atoms with van der Waals surface area (Å²) < 4.78 is 0. The van der Waals surface area contributed by atoms with Crippen LogP contribution in [0.3, 0.4) is 0 Å². The summed E-state index contributed by atoms with van der Waals surface area (Å²) in [6.07, 6.45) is 4.32. The van der Waals surface area contributed by atoms with Crippen LogP contribution in [0.25, 0.3) is 0 Å². The van der Waals surface area contributed by atoms with Crippen molar-refractivity contribution in [2.24, 2.45) is 5.41 Å². The number of nitrogens with zero attached hydrogens (tertiary/aromatic N) is 1. The van der Waals surface area contributed by atoms with Crippen molar-refractivity contribution in [3.63, 3.8) is 0 Å². The van der Waals surface area contributed by atoms with Crippen LogP contribution in [0.5, 0.6) is 0 Å². The lowest BCUT2D eigenvalue weighted by atomic mass is 10.2. The molecule has 1 saturated carbocycles. The van der Waals surface area contributed by atoms with Gasteiger partial charge in [0.2, 0.25) is 0 Å². The molecule has 9 heavy (non-hydrogen) atoms. The van der Waals surface area contributed by atoms with Crippen molar-refractivity contribution in [1.82, 2.24) is 0 Å². The molecule has 1 atom stereocenters. The minimum absolute atomic E-state index is 0.0716. The Morgan fingerprint density at radius 2 is 2.33 bits per heavy atom. The van der Waals surface area contributed by atoms with E-state index in [0.717, 1.165) is 18.6 Å². The average Bonchev–Trinajstić information content (AvgIpc) is 2.48. The molecule has 3 heteroatoms. The van der Waals surface area contributed by atoms with E-state index in [4.69, 9.17) is 5.26 Å². The summed E-state index contributed by atoms with van der Waals surface area (Å²) in [5, 5.41) is 8.63. The van der Waals surface area contributed by atoms with E-state index in [1.165, 1.54) is 0 Å². The summed E-state index contributed by atoms with van der Waals surface area (Å²) >= 11 is 4.30. The van der Waals surface area contributed by atoms with Crippen molar-refractivity contribution in [2.75, 3.05) is 12.0 Å². The first-order valence-electron chi connectivity index (χ1n) is 3.00. The molecule has 0 spiro atoms. The van der Waals surface area contributed by atoms with Gasteiger partial charge in [0.25, 0.3) is 0 Å². The van der Waals surface area contributed by atoms with Crippen LogP contribution in [-0.2, 0) is 0 Å². The zero-order valence-corrected chi connectivity index (χ0v) is 7.25. The van der Waals surface area contributed by atoms with E-state index in [-0.39, 0.29) is 15.3 Å². The second-order valence-electron chi connectivity index (χ2n) is 2.71. The van der Waals surface area contributed by atoms with Gasteiger partial charge in [-0.05, 0) is 19.1 Å². The largest absolute Gasteiger partial charge is 0.209 e. The number of hydrogen-bond donors (Lipinski definition) is 2. The topological polar surface area (TPSA) is 23.8 Å². The smallest absolute Gasteiger partial charge is 0.0698 e. The lowest BCUT2D eigenvalue weighted by molar-refractivity contribution is 0.783. The Morgan fingerprint density at radius 3 is 2.44 bits per heavy atom. The summed E-state index contributed by atoms with van der Waals surface area (Å²) in [6, 6.07) is 2.35. The maximum absolute atomic E-state index is 8.63. The van der Waals surface area contributed by atoms with Crippen LogP contribution in [0.2, 0.25) is 0 Å². The quantitative estimate of drug-likeness (QED) is 0.468. The van der Waals surface area contributed by atoms with Crippen LogP contribution in [0.1, 0.15) is 12.8 Å². The van der Waals surface area contributed by atoms with E-state index in [1.54, 1.807) is 0 Å². The van der Waals surface area contributed by atoms with Crippen LogP contribution in [0.15, 0.2) is 0 Å². The van der Waals surface area contributed by atoms with Crippen molar-refractivity contribution in [3.05, 3.63) is 0 Å². The fraction of sp³-hybridized carbons (Fsp3) is 0.833. The minimum atomic E-state index is -0.160.